The standard InChI is InChI=1S/C12H23ClN4O/c1-8(2)17-12(10(13)6-15-17)11(16-14)5-9(3)7-18-4/h6,8-9,11,16H,5,7,14H2,1-4H3. The Morgan fingerprint density at radius 2 is 2.17 bits per heavy atom. The molecule has 1 rings (SSSR count). The number of aromatic nitrogens is 2. The summed E-state index contributed by atoms with van der Waals surface area (Å²) in [6, 6.07) is 0.230. The van der Waals surface area contributed by atoms with Crippen molar-refractivity contribution < 1.29 is 4.74 Å². The highest BCUT2D eigenvalue weighted by Crippen LogP contribution is 2.29. The monoisotopic (exact) mass is 274 g/mol. The van der Waals surface area contributed by atoms with Crippen molar-refractivity contribution in [2.45, 2.75) is 39.3 Å². The van der Waals surface area contributed by atoms with Gasteiger partial charge in [-0.15, -0.1) is 0 Å². The largest absolute Gasteiger partial charge is 0.384 e. The first-order valence-electron chi connectivity index (χ1n) is 6.19. The molecule has 6 heteroatoms. The van der Waals surface area contributed by atoms with Gasteiger partial charge >= 0.3 is 0 Å². The molecule has 104 valence electrons. The number of nitrogens with one attached hydrogen (secondary N) is 1. The van der Waals surface area contributed by atoms with Crippen LogP contribution in [0.25, 0.3) is 0 Å². The maximum Gasteiger partial charge on any atom is 0.0834 e. The molecule has 0 fully saturated rings. The summed E-state index contributed by atoms with van der Waals surface area (Å²) in [6.45, 7) is 6.96. The van der Waals surface area contributed by atoms with Gasteiger partial charge in [0, 0.05) is 19.8 Å². The molecular weight excluding hydrogens is 252 g/mol. The summed E-state index contributed by atoms with van der Waals surface area (Å²) in [6.07, 6.45) is 2.52. The van der Waals surface area contributed by atoms with Gasteiger partial charge in [-0.3, -0.25) is 16.0 Å². The van der Waals surface area contributed by atoms with Crippen molar-refractivity contribution in [3.8, 4) is 0 Å². The van der Waals surface area contributed by atoms with Crippen molar-refractivity contribution in [1.29, 1.82) is 0 Å². The summed E-state index contributed by atoms with van der Waals surface area (Å²) >= 11 is 6.21. The third-order valence-corrected chi connectivity index (χ3v) is 3.19. The highest BCUT2D eigenvalue weighted by molar-refractivity contribution is 6.31. The molecule has 3 N–H and O–H groups in total. The molecule has 0 aliphatic carbocycles. The van der Waals surface area contributed by atoms with Gasteiger partial charge in [0.2, 0.25) is 0 Å². The van der Waals surface area contributed by atoms with Gasteiger partial charge in [-0.25, -0.2) is 0 Å². The zero-order chi connectivity index (χ0) is 13.7. The first-order chi connectivity index (χ1) is 8.51. The van der Waals surface area contributed by atoms with Crippen molar-refractivity contribution in [1.82, 2.24) is 15.2 Å². The van der Waals surface area contributed by atoms with E-state index in [9.17, 15) is 0 Å². The van der Waals surface area contributed by atoms with Crippen LogP contribution in [0.3, 0.4) is 0 Å². The third-order valence-electron chi connectivity index (χ3n) is 2.90. The molecule has 0 amide bonds. The van der Waals surface area contributed by atoms with Crippen molar-refractivity contribution in [2.24, 2.45) is 11.8 Å². The van der Waals surface area contributed by atoms with Gasteiger partial charge in [0.1, 0.15) is 0 Å². The van der Waals surface area contributed by atoms with E-state index in [2.05, 4.69) is 31.3 Å². The van der Waals surface area contributed by atoms with Crippen LogP contribution in [0.2, 0.25) is 5.02 Å². The lowest BCUT2D eigenvalue weighted by Gasteiger charge is -2.23. The Labute approximate surface area is 114 Å². The van der Waals surface area contributed by atoms with E-state index in [-0.39, 0.29) is 12.1 Å². The first-order valence-corrected chi connectivity index (χ1v) is 6.57. The fraction of sp³-hybridized carbons (Fsp3) is 0.750. The summed E-state index contributed by atoms with van der Waals surface area (Å²) in [7, 11) is 1.70. The summed E-state index contributed by atoms with van der Waals surface area (Å²) in [5.74, 6) is 6.05. The summed E-state index contributed by atoms with van der Waals surface area (Å²) in [4.78, 5) is 0. The predicted molar refractivity (Wildman–Crippen MR) is 73.3 cm³/mol. The van der Waals surface area contributed by atoms with Crippen molar-refractivity contribution in [3.05, 3.63) is 16.9 Å². The topological polar surface area (TPSA) is 65.1 Å². The molecule has 18 heavy (non-hydrogen) atoms. The molecule has 1 aromatic rings. The maximum absolute atomic E-state index is 6.21. The van der Waals surface area contributed by atoms with Crippen LogP contribution in [0.15, 0.2) is 6.20 Å². The van der Waals surface area contributed by atoms with Gasteiger partial charge in [0.15, 0.2) is 0 Å². The van der Waals surface area contributed by atoms with E-state index in [0.717, 1.165) is 12.1 Å². The number of ether oxygens (including phenoxy) is 1. The van der Waals surface area contributed by atoms with Crippen LogP contribution in [0.1, 0.15) is 45.0 Å². The summed E-state index contributed by atoms with van der Waals surface area (Å²) < 4.78 is 7.06. The smallest absolute Gasteiger partial charge is 0.0834 e. The zero-order valence-electron chi connectivity index (χ0n) is 11.5. The average Bonchev–Trinajstić information content (AvgIpc) is 2.68. The van der Waals surface area contributed by atoms with E-state index in [1.807, 2.05) is 4.68 Å². The molecule has 0 saturated heterocycles. The molecule has 0 aromatic carbocycles. The van der Waals surface area contributed by atoms with Crippen molar-refractivity contribution in [3.63, 3.8) is 0 Å². The molecule has 5 nitrogen and oxygen atoms in total. The van der Waals surface area contributed by atoms with Crippen LogP contribution in [0, 0.1) is 5.92 Å². The van der Waals surface area contributed by atoms with Gasteiger partial charge in [0.05, 0.1) is 23.0 Å². The number of rotatable bonds is 7. The van der Waals surface area contributed by atoms with Crippen molar-refractivity contribution in [2.75, 3.05) is 13.7 Å². The average molecular weight is 275 g/mol. The van der Waals surface area contributed by atoms with Crippen LogP contribution >= 0.6 is 11.6 Å². The third kappa shape index (κ3) is 3.68. The first kappa shape index (κ1) is 15.4. The fourth-order valence-electron chi connectivity index (χ4n) is 2.10. The zero-order valence-corrected chi connectivity index (χ0v) is 12.2. The minimum Gasteiger partial charge on any atom is -0.384 e. The number of methoxy groups -OCH3 is 1. The molecule has 0 spiro atoms. The lowest BCUT2D eigenvalue weighted by atomic mass is 10.0. The number of halogens is 1. The van der Waals surface area contributed by atoms with Gasteiger partial charge in [0.25, 0.3) is 0 Å². The van der Waals surface area contributed by atoms with E-state index in [0.29, 0.717) is 17.5 Å². The molecule has 2 atom stereocenters. The lowest BCUT2D eigenvalue weighted by molar-refractivity contribution is 0.148. The maximum atomic E-state index is 6.21. The minimum absolute atomic E-state index is 0.0208. The van der Waals surface area contributed by atoms with Crippen LogP contribution in [-0.4, -0.2) is 23.5 Å². The van der Waals surface area contributed by atoms with E-state index in [4.69, 9.17) is 22.2 Å². The second kappa shape index (κ2) is 7.09. The van der Waals surface area contributed by atoms with Gasteiger partial charge in [-0.05, 0) is 26.2 Å². The molecule has 0 aliphatic heterocycles. The lowest BCUT2D eigenvalue weighted by Crippen LogP contribution is -2.32. The molecule has 0 bridgehead atoms. The highest BCUT2D eigenvalue weighted by atomic mass is 35.5. The second-order valence-corrected chi connectivity index (χ2v) is 5.34. The highest BCUT2D eigenvalue weighted by Gasteiger charge is 2.22. The van der Waals surface area contributed by atoms with Crippen LogP contribution < -0.4 is 11.3 Å². The van der Waals surface area contributed by atoms with E-state index in [1.165, 1.54) is 0 Å². The Bertz CT molecular complexity index is 367. The SMILES string of the molecule is COCC(C)CC(NN)c1c(Cl)cnn1C(C)C. The normalized spacial score (nSPS) is 15.1. The molecule has 1 heterocycles. The molecule has 0 saturated carbocycles. The molecule has 1 aromatic heterocycles. The Kier molecular flexibility index (Phi) is 6.08. The van der Waals surface area contributed by atoms with E-state index >= 15 is 0 Å². The van der Waals surface area contributed by atoms with E-state index in [1.54, 1.807) is 13.3 Å². The number of hydrogen-bond donors (Lipinski definition) is 2. The number of nitrogens with zero attached hydrogens (tertiary/aromatic N) is 2. The van der Waals surface area contributed by atoms with Crippen LogP contribution in [0.5, 0.6) is 0 Å². The number of nitrogens with two attached hydrogens (primary N) is 1. The van der Waals surface area contributed by atoms with E-state index < -0.39 is 0 Å². The van der Waals surface area contributed by atoms with Crippen LogP contribution in [-0.2, 0) is 4.74 Å². The second-order valence-electron chi connectivity index (χ2n) is 4.93. The Hall–Kier alpha value is -0.620. The minimum atomic E-state index is -0.0208. The van der Waals surface area contributed by atoms with Crippen LogP contribution in [0.4, 0.5) is 0 Å². The molecule has 0 aliphatic rings. The number of hydrazine groups is 1. The molecule has 0 radical (unpaired) electrons. The molecule has 2 unspecified atom stereocenters. The Balaban J connectivity index is 2.90. The fourth-order valence-corrected chi connectivity index (χ4v) is 2.36. The summed E-state index contributed by atoms with van der Waals surface area (Å²) in [5.41, 5.74) is 3.77. The van der Waals surface area contributed by atoms with Gasteiger partial charge in [-0.1, -0.05) is 18.5 Å². The van der Waals surface area contributed by atoms with Gasteiger partial charge < -0.3 is 4.74 Å². The Morgan fingerprint density at radius 3 is 2.67 bits per heavy atom. The number of hydrogen-bond acceptors (Lipinski definition) is 4. The quantitative estimate of drug-likeness (QED) is 0.591. The Morgan fingerprint density at radius 1 is 1.50 bits per heavy atom. The summed E-state index contributed by atoms with van der Waals surface area (Å²) in [5, 5.41) is 4.94. The molecular formula is C12H23ClN4O. The van der Waals surface area contributed by atoms with Gasteiger partial charge in [-0.2, -0.15) is 5.10 Å². The van der Waals surface area contributed by atoms with Crippen molar-refractivity contribution >= 4 is 11.6 Å². The predicted octanol–water partition coefficient (Wildman–Crippen LogP) is 2.29.